The van der Waals surface area contributed by atoms with Gasteiger partial charge in [-0.25, -0.2) is 13.6 Å². The van der Waals surface area contributed by atoms with E-state index in [0.717, 1.165) is 4.90 Å². The molecular weight excluding hydrogens is 302 g/mol. The van der Waals surface area contributed by atoms with Crippen LogP contribution < -0.4 is 5.14 Å². The van der Waals surface area contributed by atoms with Crippen LogP contribution in [-0.4, -0.2) is 29.8 Å². The first-order chi connectivity index (χ1) is 9.38. The van der Waals surface area contributed by atoms with Crippen LogP contribution in [0.15, 0.2) is 35.5 Å². The monoisotopic (exact) mass is 313 g/mol. The van der Waals surface area contributed by atoms with E-state index < -0.39 is 14.9 Å². The lowest BCUT2D eigenvalue weighted by molar-refractivity contribution is -0.383. The van der Waals surface area contributed by atoms with E-state index in [0.29, 0.717) is 10.8 Å². The zero-order valence-corrected chi connectivity index (χ0v) is 11.9. The van der Waals surface area contributed by atoms with Gasteiger partial charge in [0.15, 0.2) is 0 Å². The van der Waals surface area contributed by atoms with Gasteiger partial charge in [-0.1, -0.05) is 0 Å². The predicted octanol–water partition coefficient (Wildman–Crippen LogP) is 1.52. The van der Waals surface area contributed by atoms with Gasteiger partial charge in [0.1, 0.15) is 0 Å². The maximum Gasteiger partial charge on any atom is 0.278 e. The summed E-state index contributed by atoms with van der Waals surface area (Å²) < 4.78 is 21.8. The fourth-order valence-corrected chi connectivity index (χ4v) is 3.68. The van der Waals surface area contributed by atoms with Crippen molar-refractivity contribution in [3.05, 3.63) is 40.7 Å². The molecule has 0 saturated carbocycles. The minimum atomic E-state index is -3.51. The van der Waals surface area contributed by atoms with E-state index in [4.69, 9.17) is 5.14 Å². The lowest BCUT2D eigenvalue weighted by Crippen LogP contribution is -2.17. The molecular formula is C11H11N3O4S2. The average Bonchev–Trinajstić information content (AvgIpc) is 2.37. The fraction of sp³-hybridized carbons (Fsp3) is 0.182. The summed E-state index contributed by atoms with van der Waals surface area (Å²) in [5.41, 5.74) is -0.0242. The Morgan fingerprint density at radius 3 is 2.70 bits per heavy atom. The zero-order chi connectivity index (χ0) is 14.8. The van der Waals surface area contributed by atoms with Gasteiger partial charge in [0, 0.05) is 34.5 Å². The highest BCUT2D eigenvalue weighted by atomic mass is 32.2. The molecule has 106 valence electrons. The van der Waals surface area contributed by atoms with Crippen molar-refractivity contribution in [3.8, 4) is 0 Å². The minimum absolute atomic E-state index is 0.0242. The van der Waals surface area contributed by atoms with E-state index >= 15 is 0 Å². The maximum absolute atomic E-state index is 10.9. The van der Waals surface area contributed by atoms with Crippen molar-refractivity contribution in [2.24, 2.45) is 5.14 Å². The molecule has 20 heavy (non-hydrogen) atoms. The number of rotatable bonds is 5. The molecule has 0 radical (unpaired) electrons. The van der Waals surface area contributed by atoms with Gasteiger partial charge in [-0.2, -0.15) is 0 Å². The van der Waals surface area contributed by atoms with Gasteiger partial charge in [0.25, 0.3) is 5.69 Å². The second-order valence-electron chi connectivity index (χ2n) is 3.98. The number of nitro groups is 1. The molecule has 1 aromatic heterocycles. The summed E-state index contributed by atoms with van der Waals surface area (Å²) in [5.74, 6) is 0.134. The lowest BCUT2D eigenvalue weighted by Gasteiger charge is -2.06. The zero-order valence-electron chi connectivity index (χ0n) is 10.2. The Morgan fingerprint density at radius 2 is 2.05 bits per heavy atom. The van der Waals surface area contributed by atoms with Gasteiger partial charge in [0.2, 0.25) is 10.0 Å². The quantitative estimate of drug-likeness (QED) is 0.508. The van der Waals surface area contributed by atoms with Crippen LogP contribution >= 0.6 is 11.8 Å². The molecule has 9 heteroatoms. The molecule has 1 aromatic carbocycles. The van der Waals surface area contributed by atoms with Crippen molar-refractivity contribution in [1.29, 1.82) is 0 Å². The van der Waals surface area contributed by atoms with Crippen molar-refractivity contribution >= 4 is 38.2 Å². The van der Waals surface area contributed by atoms with Crippen LogP contribution in [0.5, 0.6) is 0 Å². The number of thioether (sulfide) groups is 1. The third-order valence-corrected chi connectivity index (χ3v) is 4.68. The number of nitrogens with two attached hydrogens (primary N) is 1. The molecule has 7 nitrogen and oxygen atoms in total. The van der Waals surface area contributed by atoms with Crippen LogP contribution in [-0.2, 0) is 10.0 Å². The molecule has 0 aliphatic carbocycles. The van der Waals surface area contributed by atoms with E-state index in [2.05, 4.69) is 4.98 Å². The van der Waals surface area contributed by atoms with Gasteiger partial charge < -0.3 is 0 Å². The predicted molar refractivity (Wildman–Crippen MR) is 77.1 cm³/mol. The maximum atomic E-state index is 10.9. The third kappa shape index (κ3) is 3.44. The first kappa shape index (κ1) is 14.7. The molecule has 0 saturated heterocycles. The van der Waals surface area contributed by atoms with Crippen LogP contribution in [0, 0.1) is 10.1 Å². The topological polar surface area (TPSA) is 116 Å². The molecule has 0 bridgehead atoms. The summed E-state index contributed by atoms with van der Waals surface area (Å²) in [7, 11) is -3.51. The molecule has 2 rings (SSSR count). The molecule has 0 fully saturated rings. The van der Waals surface area contributed by atoms with Crippen molar-refractivity contribution < 1.29 is 13.3 Å². The summed E-state index contributed by atoms with van der Waals surface area (Å²) in [5, 5.41) is 17.0. The van der Waals surface area contributed by atoms with Crippen LogP contribution in [0.4, 0.5) is 5.69 Å². The Labute approximate surface area is 119 Å². The highest BCUT2D eigenvalue weighted by Gasteiger charge is 2.14. The number of hydrogen-bond acceptors (Lipinski definition) is 6. The van der Waals surface area contributed by atoms with Crippen molar-refractivity contribution in [2.75, 3.05) is 11.5 Å². The molecule has 0 unspecified atom stereocenters. The Hall–Kier alpha value is -1.71. The minimum Gasteiger partial charge on any atom is -0.264 e. The first-order valence-corrected chi connectivity index (χ1v) is 8.23. The smallest absolute Gasteiger partial charge is 0.264 e. The number of primary sulfonamides is 1. The molecule has 2 N–H and O–H groups in total. The number of sulfonamides is 1. The summed E-state index contributed by atoms with van der Waals surface area (Å²) >= 11 is 1.29. The third-order valence-electron chi connectivity index (χ3n) is 2.58. The second kappa shape index (κ2) is 5.73. The van der Waals surface area contributed by atoms with Crippen molar-refractivity contribution in [1.82, 2.24) is 4.98 Å². The number of benzene rings is 1. The van der Waals surface area contributed by atoms with E-state index in [1.807, 2.05) is 0 Å². The average molecular weight is 313 g/mol. The van der Waals surface area contributed by atoms with E-state index in [9.17, 15) is 18.5 Å². The fourth-order valence-electron chi connectivity index (χ4n) is 1.70. The Morgan fingerprint density at radius 1 is 1.30 bits per heavy atom. The van der Waals surface area contributed by atoms with Gasteiger partial charge in [-0.15, -0.1) is 11.8 Å². The first-order valence-electron chi connectivity index (χ1n) is 5.53. The Balaban J connectivity index is 2.36. The van der Waals surface area contributed by atoms with Crippen LogP contribution in [0.25, 0.3) is 10.8 Å². The molecule has 0 aliphatic rings. The molecule has 0 aliphatic heterocycles. The van der Waals surface area contributed by atoms with Crippen molar-refractivity contribution in [2.45, 2.75) is 4.90 Å². The van der Waals surface area contributed by atoms with Gasteiger partial charge >= 0.3 is 0 Å². The van der Waals surface area contributed by atoms with E-state index in [1.54, 1.807) is 12.1 Å². The van der Waals surface area contributed by atoms with Crippen LogP contribution in [0.3, 0.4) is 0 Å². The molecule has 0 amide bonds. The SMILES string of the molecule is NS(=O)(=O)CCSc1ccc([N+](=O)[O-])c2cnccc12. The lowest BCUT2D eigenvalue weighted by atomic mass is 10.1. The summed E-state index contributed by atoms with van der Waals surface area (Å²) in [6, 6.07) is 4.67. The normalized spacial score (nSPS) is 11.7. The molecule has 2 aromatic rings. The van der Waals surface area contributed by atoms with Gasteiger partial charge in [-0.3, -0.25) is 15.1 Å². The largest absolute Gasteiger partial charge is 0.278 e. The number of hydrogen-bond donors (Lipinski definition) is 1. The number of nitrogens with zero attached hydrogens (tertiary/aromatic N) is 2. The van der Waals surface area contributed by atoms with Crippen molar-refractivity contribution in [3.63, 3.8) is 0 Å². The second-order valence-corrected chi connectivity index (χ2v) is 6.85. The molecule has 0 spiro atoms. The highest BCUT2D eigenvalue weighted by Crippen LogP contribution is 2.33. The van der Waals surface area contributed by atoms with Gasteiger partial charge in [-0.05, 0) is 12.1 Å². The molecule has 1 heterocycles. The standard InChI is InChI=1S/C11H11N3O4S2/c12-20(17,18)6-5-19-11-2-1-10(14(15)16)9-7-13-4-3-8(9)11/h1-4,7H,5-6H2,(H2,12,17,18). The Bertz CT molecular complexity index is 761. The number of aromatic nitrogens is 1. The summed E-state index contributed by atoms with van der Waals surface area (Å²) in [6.45, 7) is 0. The number of pyridine rings is 1. The molecule has 0 atom stereocenters. The number of fused-ring (bicyclic) bond motifs is 1. The summed E-state index contributed by atoms with van der Waals surface area (Å²) in [6.07, 6.45) is 2.97. The highest BCUT2D eigenvalue weighted by molar-refractivity contribution is 8.00. The van der Waals surface area contributed by atoms with Gasteiger partial charge in [0.05, 0.1) is 16.1 Å². The summed E-state index contributed by atoms with van der Waals surface area (Å²) in [4.78, 5) is 15.1. The van der Waals surface area contributed by atoms with E-state index in [1.165, 1.54) is 30.2 Å². The van der Waals surface area contributed by atoms with E-state index in [-0.39, 0.29) is 17.2 Å². The Kier molecular flexibility index (Phi) is 4.21. The number of nitro benzene ring substituents is 1. The van der Waals surface area contributed by atoms with Crippen LogP contribution in [0.1, 0.15) is 0 Å². The number of non-ortho nitro benzene ring substituents is 1. The van der Waals surface area contributed by atoms with Crippen LogP contribution in [0.2, 0.25) is 0 Å².